The molecule has 0 bridgehead atoms. The normalized spacial score (nSPS) is 15.5. The van der Waals surface area contributed by atoms with Crippen LogP contribution in [-0.2, 0) is 4.74 Å². The van der Waals surface area contributed by atoms with Crippen molar-refractivity contribution in [3.63, 3.8) is 0 Å². The number of carbonyl (C=O) groups is 1. The third-order valence-electron chi connectivity index (χ3n) is 2.58. The zero-order chi connectivity index (χ0) is 12.8. The topological polar surface area (TPSA) is 54.5 Å². The van der Waals surface area contributed by atoms with Crippen molar-refractivity contribution in [3.05, 3.63) is 18.3 Å². The van der Waals surface area contributed by atoms with E-state index in [2.05, 4.69) is 17.2 Å². The Morgan fingerprint density at radius 2 is 2.28 bits per heavy atom. The van der Waals surface area contributed by atoms with Crippen molar-refractivity contribution < 1.29 is 9.53 Å². The summed E-state index contributed by atoms with van der Waals surface area (Å²) >= 11 is 1.68. The first kappa shape index (κ1) is 13.2. The van der Waals surface area contributed by atoms with Gasteiger partial charge in [-0.3, -0.25) is 0 Å². The van der Waals surface area contributed by atoms with E-state index in [1.54, 1.807) is 22.9 Å². The summed E-state index contributed by atoms with van der Waals surface area (Å²) in [6.07, 6.45) is 1.69. The maximum atomic E-state index is 11.9. The highest BCUT2D eigenvalue weighted by Crippen LogP contribution is 2.16. The number of carbonyl (C=O) groups excluding carboxylic acids is 1. The molecule has 1 aliphatic rings. The molecule has 1 N–H and O–H groups in total. The van der Waals surface area contributed by atoms with E-state index in [9.17, 15) is 4.79 Å². The van der Waals surface area contributed by atoms with E-state index in [0.717, 1.165) is 16.5 Å². The third-order valence-corrected chi connectivity index (χ3v) is 3.40. The molecule has 2 amide bonds. The Labute approximate surface area is 111 Å². The number of nitrogens with zero attached hydrogens (tertiary/aromatic N) is 2. The molecule has 0 aliphatic carbocycles. The van der Waals surface area contributed by atoms with Gasteiger partial charge in [0.2, 0.25) is 0 Å². The molecule has 98 valence electrons. The minimum absolute atomic E-state index is 0.0870. The van der Waals surface area contributed by atoms with Gasteiger partial charge in [-0.25, -0.2) is 9.78 Å². The van der Waals surface area contributed by atoms with E-state index < -0.39 is 0 Å². The summed E-state index contributed by atoms with van der Waals surface area (Å²) in [7, 11) is 0. The highest BCUT2D eigenvalue weighted by Gasteiger charge is 2.16. The Kier molecular flexibility index (Phi) is 4.83. The second-order valence-electron chi connectivity index (χ2n) is 3.85. The van der Waals surface area contributed by atoms with E-state index in [1.807, 2.05) is 12.1 Å². The largest absolute Gasteiger partial charge is 0.378 e. The van der Waals surface area contributed by atoms with Gasteiger partial charge in [0.05, 0.1) is 30.1 Å². The molecule has 1 saturated heterocycles. The molecular weight excluding hydrogens is 250 g/mol. The molecule has 0 unspecified atom stereocenters. The minimum atomic E-state index is -0.0870. The lowest BCUT2D eigenvalue weighted by Gasteiger charge is -2.26. The van der Waals surface area contributed by atoms with Crippen LogP contribution in [-0.4, -0.2) is 48.0 Å². The van der Waals surface area contributed by atoms with E-state index in [0.29, 0.717) is 26.3 Å². The van der Waals surface area contributed by atoms with E-state index in [1.165, 1.54) is 0 Å². The number of aromatic nitrogens is 1. The molecule has 0 saturated carbocycles. The van der Waals surface area contributed by atoms with Crippen molar-refractivity contribution in [2.24, 2.45) is 0 Å². The predicted octanol–water partition coefficient (Wildman–Crippen LogP) is 2.06. The monoisotopic (exact) mass is 267 g/mol. The average Bonchev–Trinajstić information content (AvgIpc) is 2.42. The van der Waals surface area contributed by atoms with Gasteiger partial charge in [-0.05, 0) is 17.9 Å². The first-order valence-corrected chi connectivity index (χ1v) is 7.00. The second-order valence-corrected chi connectivity index (χ2v) is 5.13. The zero-order valence-electron chi connectivity index (χ0n) is 10.4. The van der Waals surface area contributed by atoms with Gasteiger partial charge in [0.25, 0.3) is 0 Å². The lowest BCUT2D eigenvalue weighted by Crippen LogP contribution is -2.43. The van der Waals surface area contributed by atoms with Crippen LogP contribution >= 0.6 is 11.8 Å². The van der Waals surface area contributed by atoms with Crippen molar-refractivity contribution in [1.29, 1.82) is 0 Å². The summed E-state index contributed by atoms with van der Waals surface area (Å²) in [5.74, 6) is 0.993. The number of amides is 2. The van der Waals surface area contributed by atoms with Crippen molar-refractivity contribution in [1.82, 2.24) is 9.88 Å². The molecular formula is C12H17N3O2S. The maximum absolute atomic E-state index is 11.9. The SMILES string of the molecule is CCSc1ccc(NC(=O)N2CCOCC2)cn1. The fourth-order valence-electron chi connectivity index (χ4n) is 1.66. The molecule has 5 nitrogen and oxygen atoms in total. The lowest BCUT2D eigenvalue weighted by atomic mass is 10.4. The van der Waals surface area contributed by atoms with Crippen LogP contribution in [0.25, 0.3) is 0 Å². The third kappa shape index (κ3) is 3.61. The Hall–Kier alpha value is -1.27. The Balaban J connectivity index is 1.89. The van der Waals surface area contributed by atoms with Gasteiger partial charge in [0, 0.05) is 13.1 Å². The van der Waals surface area contributed by atoms with Crippen molar-refractivity contribution >= 4 is 23.5 Å². The number of morpholine rings is 1. The van der Waals surface area contributed by atoms with Crippen LogP contribution in [0.2, 0.25) is 0 Å². The summed E-state index contributed by atoms with van der Waals surface area (Å²) in [5, 5.41) is 3.81. The Bertz CT molecular complexity index is 391. The van der Waals surface area contributed by atoms with Gasteiger partial charge in [-0.15, -0.1) is 11.8 Å². The molecule has 18 heavy (non-hydrogen) atoms. The standard InChI is InChI=1S/C12H17N3O2S/c1-2-18-11-4-3-10(9-13-11)14-12(16)15-5-7-17-8-6-15/h3-4,9H,2,5-8H2,1H3,(H,14,16). The number of urea groups is 1. The van der Waals surface area contributed by atoms with Crippen LogP contribution < -0.4 is 5.32 Å². The molecule has 1 aromatic heterocycles. The van der Waals surface area contributed by atoms with E-state index in [4.69, 9.17) is 4.74 Å². The molecule has 1 fully saturated rings. The number of ether oxygens (including phenoxy) is 1. The summed E-state index contributed by atoms with van der Waals surface area (Å²) < 4.78 is 5.21. The molecule has 1 aliphatic heterocycles. The summed E-state index contributed by atoms with van der Waals surface area (Å²) in [5.41, 5.74) is 0.729. The number of hydrogen-bond acceptors (Lipinski definition) is 4. The first-order valence-electron chi connectivity index (χ1n) is 6.02. The molecule has 0 aromatic carbocycles. The van der Waals surface area contributed by atoms with Crippen molar-refractivity contribution in [2.45, 2.75) is 11.9 Å². The van der Waals surface area contributed by atoms with Crippen LogP contribution in [0, 0.1) is 0 Å². The maximum Gasteiger partial charge on any atom is 0.322 e. The van der Waals surface area contributed by atoms with Crippen LogP contribution in [0.15, 0.2) is 23.4 Å². The van der Waals surface area contributed by atoms with Gasteiger partial charge in [-0.1, -0.05) is 6.92 Å². The molecule has 2 rings (SSSR count). The lowest BCUT2D eigenvalue weighted by molar-refractivity contribution is 0.0564. The number of hydrogen-bond donors (Lipinski definition) is 1. The van der Waals surface area contributed by atoms with Crippen LogP contribution in [0.5, 0.6) is 0 Å². The minimum Gasteiger partial charge on any atom is -0.378 e. The second kappa shape index (κ2) is 6.61. The molecule has 2 heterocycles. The summed E-state index contributed by atoms with van der Waals surface area (Å²) in [4.78, 5) is 17.9. The van der Waals surface area contributed by atoms with Gasteiger partial charge < -0.3 is 15.0 Å². The number of anilines is 1. The summed E-state index contributed by atoms with van der Waals surface area (Å²) in [6.45, 7) is 4.59. The molecule has 0 spiro atoms. The van der Waals surface area contributed by atoms with E-state index in [-0.39, 0.29) is 6.03 Å². The quantitative estimate of drug-likeness (QED) is 0.852. The van der Waals surface area contributed by atoms with Crippen molar-refractivity contribution in [3.8, 4) is 0 Å². The number of rotatable bonds is 3. The van der Waals surface area contributed by atoms with Crippen LogP contribution in [0.1, 0.15) is 6.92 Å². The van der Waals surface area contributed by atoms with Gasteiger partial charge >= 0.3 is 6.03 Å². The van der Waals surface area contributed by atoms with Crippen LogP contribution in [0.3, 0.4) is 0 Å². The molecule has 6 heteroatoms. The Morgan fingerprint density at radius 3 is 2.89 bits per heavy atom. The summed E-state index contributed by atoms with van der Waals surface area (Å²) in [6, 6.07) is 3.71. The smallest absolute Gasteiger partial charge is 0.322 e. The first-order chi connectivity index (χ1) is 8.79. The fourth-order valence-corrected chi connectivity index (χ4v) is 2.24. The van der Waals surface area contributed by atoms with Crippen LogP contribution in [0.4, 0.5) is 10.5 Å². The van der Waals surface area contributed by atoms with Gasteiger partial charge in [-0.2, -0.15) is 0 Å². The highest BCUT2D eigenvalue weighted by molar-refractivity contribution is 7.99. The van der Waals surface area contributed by atoms with Gasteiger partial charge in [0.1, 0.15) is 0 Å². The van der Waals surface area contributed by atoms with Crippen molar-refractivity contribution in [2.75, 3.05) is 37.4 Å². The van der Waals surface area contributed by atoms with Gasteiger partial charge in [0.15, 0.2) is 0 Å². The average molecular weight is 267 g/mol. The highest BCUT2D eigenvalue weighted by atomic mass is 32.2. The fraction of sp³-hybridized carbons (Fsp3) is 0.500. The number of pyridine rings is 1. The molecule has 0 radical (unpaired) electrons. The molecule has 0 atom stereocenters. The molecule has 1 aromatic rings. The Morgan fingerprint density at radius 1 is 1.50 bits per heavy atom. The zero-order valence-corrected chi connectivity index (χ0v) is 11.2. The number of thioether (sulfide) groups is 1. The predicted molar refractivity (Wildman–Crippen MR) is 72.0 cm³/mol. The number of nitrogens with one attached hydrogen (secondary N) is 1. The van der Waals surface area contributed by atoms with E-state index >= 15 is 0 Å².